The molecule has 1 unspecified atom stereocenters. The van der Waals surface area contributed by atoms with Crippen LogP contribution in [0, 0.1) is 5.82 Å². The quantitative estimate of drug-likeness (QED) is 0.761. The Morgan fingerprint density at radius 3 is 2.92 bits per heavy atom. The smallest absolute Gasteiger partial charge is 0.123 e. The fourth-order valence-corrected chi connectivity index (χ4v) is 2.94. The number of benzene rings is 1. The number of hydrogen-bond donors (Lipinski definition) is 1. The maximum atomic E-state index is 12.9. The van der Waals surface area contributed by atoms with Gasteiger partial charge in [-0.1, -0.05) is 17.3 Å². The molecule has 0 fully saturated rings. The van der Waals surface area contributed by atoms with Crippen molar-refractivity contribution < 1.29 is 9.13 Å². The van der Waals surface area contributed by atoms with Gasteiger partial charge in [-0.3, -0.25) is 4.68 Å². The number of aryl methyl sites for hydroxylation is 1. The van der Waals surface area contributed by atoms with E-state index in [0.717, 1.165) is 22.5 Å². The van der Waals surface area contributed by atoms with Crippen molar-refractivity contribution in [3.05, 3.63) is 53.7 Å². The highest BCUT2D eigenvalue weighted by molar-refractivity contribution is 5.59. The average molecular weight is 342 g/mol. The molecule has 0 bridgehead atoms. The maximum absolute atomic E-state index is 12.9. The van der Waals surface area contributed by atoms with Gasteiger partial charge in [0.15, 0.2) is 0 Å². The molecule has 1 aliphatic heterocycles. The first kappa shape index (κ1) is 15.9. The summed E-state index contributed by atoms with van der Waals surface area (Å²) in [4.78, 5) is 0. The van der Waals surface area contributed by atoms with Crippen LogP contribution < -0.4 is 5.32 Å². The maximum Gasteiger partial charge on any atom is 0.123 e. The van der Waals surface area contributed by atoms with Crippen molar-refractivity contribution in [1.82, 2.24) is 30.1 Å². The fourth-order valence-electron chi connectivity index (χ4n) is 2.94. The summed E-state index contributed by atoms with van der Waals surface area (Å²) in [5.41, 5.74) is 3.78. The van der Waals surface area contributed by atoms with Gasteiger partial charge in [0.1, 0.15) is 11.5 Å². The summed E-state index contributed by atoms with van der Waals surface area (Å²) in [6.07, 6.45) is 3.72. The molecular formula is C17H19FN6O. The van der Waals surface area contributed by atoms with Gasteiger partial charge in [-0.2, -0.15) is 5.10 Å². The van der Waals surface area contributed by atoms with Crippen molar-refractivity contribution >= 4 is 0 Å². The minimum absolute atomic E-state index is 0.0244. The lowest BCUT2D eigenvalue weighted by Gasteiger charge is -2.24. The van der Waals surface area contributed by atoms with Gasteiger partial charge < -0.3 is 10.1 Å². The van der Waals surface area contributed by atoms with Gasteiger partial charge in [0.2, 0.25) is 0 Å². The second-order valence-electron chi connectivity index (χ2n) is 6.16. The Morgan fingerprint density at radius 2 is 2.16 bits per heavy atom. The van der Waals surface area contributed by atoms with E-state index in [1.54, 1.807) is 23.0 Å². The third-order valence-corrected chi connectivity index (χ3v) is 4.26. The molecule has 0 amide bonds. The second-order valence-corrected chi connectivity index (χ2v) is 6.16. The molecule has 1 aliphatic rings. The van der Waals surface area contributed by atoms with Crippen LogP contribution in [0.2, 0.25) is 0 Å². The van der Waals surface area contributed by atoms with Gasteiger partial charge in [0.25, 0.3) is 0 Å². The highest BCUT2D eigenvalue weighted by Crippen LogP contribution is 2.24. The third kappa shape index (κ3) is 3.45. The zero-order valence-electron chi connectivity index (χ0n) is 13.9. The molecule has 0 radical (unpaired) electrons. The number of aromatic nitrogens is 5. The molecule has 0 aliphatic carbocycles. The Morgan fingerprint density at radius 1 is 1.32 bits per heavy atom. The summed E-state index contributed by atoms with van der Waals surface area (Å²) in [7, 11) is 1.87. The van der Waals surface area contributed by atoms with Crippen molar-refractivity contribution in [2.75, 3.05) is 6.54 Å². The molecule has 7 nitrogen and oxygen atoms in total. The van der Waals surface area contributed by atoms with Crippen LogP contribution in [0.3, 0.4) is 0 Å². The summed E-state index contributed by atoms with van der Waals surface area (Å²) in [5.74, 6) is -0.220. The standard InChI is InChI=1S/C17H19FN6O/c1-23-9-13(7-20-23)17-16-11-25-15(10-24(16)22-21-17)8-19-6-12-2-4-14(18)5-3-12/h2-5,7,9,15,19H,6,8,10-11H2,1H3. The fraction of sp³-hybridized carbons (Fsp3) is 0.353. The van der Waals surface area contributed by atoms with Crippen LogP contribution in [0.1, 0.15) is 11.3 Å². The first-order valence-electron chi connectivity index (χ1n) is 8.17. The normalized spacial score (nSPS) is 16.8. The number of halogens is 1. The van der Waals surface area contributed by atoms with E-state index in [4.69, 9.17) is 4.74 Å². The van der Waals surface area contributed by atoms with Crippen molar-refractivity contribution in [1.29, 1.82) is 0 Å². The average Bonchev–Trinajstić information content (AvgIpc) is 3.22. The second kappa shape index (κ2) is 6.73. The first-order valence-corrected chi connectivity index (χ1v) is 8.17. The van der Waals surface area contributed by atoms with Gasteiger partial charge in [-0.05, 0) is 17.7 Å². The van der Waals surface area contributed by atoms with Crippen molar-refractivity contribution in [2.24, 2.45) is 7.05 Å². The molecule has 1 atom stereocenters. The van der Waals surface area contributed by atoms with Crippen LogP contribution in [-0.2, 0) is 31.5 Å². The van der Waals surface area contributed by atoms with Crippen molar-refractivity contribution in [2.45, 2.75) is 25.8 Å². The predicted octanol–water partition coefficient (Wildman–Crippen LogP) is 1.51. The van der Waals surface area contributed by atoms with Crippen molar-refractivity contribution in [3.63, 3.8) is 0 Å². The molecule has 3 heterocycles. The Bertz CT molecular complexity index is 856. The monoisotopic (exact) mass is 342 g/mol. The Kier molecular flexibility index (Phi) is 4.29. The van der Waals surface area contributed by atoms with E-state index in [9.17, 15) is 4.39 Å². The molecule has 0 saturated heterocycles. The Hall–Kier alpha value is -2.58. The lowest BCUT2D eigenvalue weighted by atomic mass is 10.2. The largest absolute Gasteiger partial charge is 0.369 e. The minimum atomic E-state index is -0.220. The number of hydrogen-bond acceptors (Lipinski definition) is 5. The summed E-state index contributed by atoms with van der Waals surface area (Å²) in [6.45, 7) is 2.49. The highest BCUT2D eigenvalue weighted by atomic mass is 19.1. The molecule has 4 rings (SSSR count). The number of ether oxygens (including phenoxy) is 1. The molecule has 8 heteroatoms. The zero-order chi connectivity index (χ0) is 17.2. The summed E-state index contributed by atoms with van der Waals surface area (Å²) in [6, 6.07) is 6.49. The van der Waals surface area contributed by atoms with Gasteiger partial charge in [0.05, 0.1) is 31.1 Å². The molecule has 0 saturated carbocycles. The van der Waals surface area contributed by atoms with Gasteiger partial charge in [0, 0.05) is 31.9 Å². The van der Waals surface area contributed by atoms with Crippen molar-refractivity contribution in [3.8, 4) is 11.3 Å². The molecule has 2 aromatic heterocycles. The molecule has 3 aromatic rings. The van der Waals surface area contributed by atoms with E-state index < -0.39 is 0 Å². The van der Waals surface area contributed by atoms with Crippen LogP contribution in [0.25, 0.3) is 11.3 Å². The molecule has 1 aromatic carbocycles. The van der Waals surface area contributed by atoms with E-state index in [-0.39, 0.29) is 11.9 Å². The topological polar surface area (TPSA) is 69.8 Å². The molecule has 1 N–H and O–H groups in total. The number of rotatable bonds is 5. The zero-order valence-corrected chi connectivity index (χ0v) is 13.9. The van der Waals surface area contributed by atoms with Crippen LogP contribution in [0.15, 0.2) is 36.7 Å². The molecule has 0 spiro atoms. The first-order chi connectivity index (χ1) is 12.2. The van der Waals surface area contributed by atoms with E-state index in [2.05, 4.69) is 20.7 Å². The highest BCUT2D eigenvalue weighted by Gasteiger charge is 2.24. The summed E-state index contributed by atoms with van der Waals surface area (Å²) in [5, 5.41) is 16.0. The van der Waals surface area contributed by atoms with Gasteiger partial charge in [-0.25, -0.2) is 9.07 Å². The predicted molar refractivity (Wildman–Crippen MR) is 88.9 cm³/mol. The van der Waals surface area contributed by atoms with Crippen LogP contribution in [0.4, 0.5) is 4.39 Å². The van der Waals surface area contributed by atoms with E-state index in [0.29, 0.717) is 26.2 Å². The number of nitrogens with zero attached hydrogens (tertiary/aromatic N) is 5. The molecular weight excluding hydrogens is 323 g/mol. The van der Waals surface area contributed by atoms with E-state index in [1.165, 1.54) is 12.1 Å². The molecule has 130 valence electrons. The lowest BCUT2D eigenvalue weighted by Crippen LogP contribution is -2.36. The summed E-state index contributed by atoms with van der Waals surface area (Å²) < 4.78 is 22.5. The van der Waals surface area contributed by atoms with E-state index >= 15 is 0 Å². The van der Waals surface area contributed by atoms with Crippen LogP contribution in [0.5, 0.6) is 0 Å². The summed E-state index contributed by atoms with van der Waals surface area (Å²) >= 11 is 0. The lowest BCUT2D eigenvalue weighted by molar-refractivity contribution is 0.00125. The van der Waals surface area contributed by atoms with Crippen LogP contribution >= 0.6 is 0 Å². The Labute approximate surface area is 144 Å². The van der Waals surface area contributed by atoms with Crippen LogP contribution in [-0.4, -0.2) is 37.4 Å². The van der Waals surface area contributed by atoms with Gasteiger partial charge in [-0.15, -0.1) is 5.10 Å². The molecule has 25 heavy (non-hydrogen) atoms. The number of fused-ring (bicyclic) bond motifs is 1. The Balaban J connectivity index is 1.35. The third-order valence-electron chi connectivity index (χ3n) is 4.26. The minimum Gasteiger partial charge on any atom is -0.369 e. The number of nitrogens with one attached hydrogen (secondary N) is 1. The van der Waals surface area contributed by atoms with E-state index in [1.807, 2.05) is 17.9 Å². The SMILES string of the molecule is Cn1cc(-c2nnn3c2COC(CNCc2ccc(F)cc2)C3)cn1. The van der Waals surface area contributed by atoms with Gasteiger partial charge >= 0.3 is 0 Å².